The molecule has 29 heavy (non-hydrogen) atoms. The van der Waals surface area contributed by atoms with Crippen molar-refractivity contribution in [1.82, 2.24) is 5.32 Å². The Labute approximate surface area is 170 Å². The van der Waals surface area contributed by atoms with Crippen LogP contribution in [0.3, 0.4) is 0 Å². The van der Waals surface area contributed by atoms with E-state index in [0.717, 1.165) is 28.2 Å². The average Bonchev–Trinajstić information content (AvgIpc) is 2.77. The van der Waals surface area contributed by atoms with Crippen molar-refractivity contribution in [3.05, 3.63) is 102 Å². The zero-order valence-electron chi connectivity index (χ0n) is 16.3. The summed E-state index contributed by atoms with van der Waals surface area (Å²) in [6.07, 6.45) is -0.550. The summed E-state index contributed by atoms with van der Waals surface area (Å²) in [5.74, 6) is 1.57. The van der Waals surface area contributed by atoms with Crippen LogP contribution in [0.5, 0.6) is 11.5 Å². The van der Waals surface area contributed by atoms with Crippen LogP contribution in [0.1, 0.15) is 16.7 Å². The molecule has 0 heterocycles. The summed E-state index contributed by atoms with van der Waals surface area (Å²) >= 11 is 0. The van der Waals surface area contributed by atoms with Crippen LogP contribution >= 0.6 is 0 Å². The van der Waals surface area contributed by atoms with Crippen LogP contribution in [-0.4, -0.2) is 13.2 Å². The Morgan fingerprint density at radius 3 is 2.00 bits per heavy atom. The Hall–Kier alpha value is -3.73. The summed E-state index contributed by atoms with van der Waals surface area (Å²) in [6, 6.07) is 25.2. The van der Waals surface area contributed by atoms with Gasteiger partial charge in [0.15, 0.2) is 0 Å². The Kier molecular flexibility index (Phi) is 6.90. The molecule has 0 spiro atoms. The fraction of sp³-hybridized carbons (Fsp3) is 0.125. The molecule has 0 saturated carbocycles. The third-order valence-electron chi connectivity index (χ3n) is 4.19. The first-order valence-electron chi connectivity index (χ1n) is 9.17. The first-order chi connectivity index (χ1) is 14.1. The van der Waals surface area contributed by atoms with Crippen LogP contribution in [-0.2, 0) is 18.0 Å². The Morgan fingerprint density at radius 2 is 1.41 bits per heavy atom. The Morgan fingerprint density at radius 1 is 0.828 bits per heavy atom. The summed E-state index contributed by atoms with van der Waals surface area (Å²) < 4.78 is 16.2. The molecule has 0 bridgehead atoms. The van der Waals surface area contributed by atoms with Gasteiger partial charge in [0.1, 0.15) is 24.7 Å². The minimum absolute atomic E-state index is 0.444. The van der Waals surface area contributed by atoms with Gasteiger partial charge in [-0.2, -0.15) is 0 Å². The molecule has 0 aliphatic carbocycles. The van der Waals surface area contributed by atoms with Gasteiger partial charge >= 0.3 is 6.09 Å². The number of para-hydroxylation sites is 1. The van der Waals surface area contributed by atoms with Gasteiger partial charge in [0.05, 0.1) is 7.11 Å². The van der Waals surface area contributed by atoms with Crippen LogP contribution in [0.4, 0.5) is 4.79 Å². The number of methoxy groups -OCH3 is 1. The number of rotatable bonds is 8. The fourth-order valence-corrected chi connectivity index (χ4v) is 2.66. The molecule has 0 aromatic heterocycles. The Bertz CT molecular complexity index is 952. The van der Waals surface area contributed by atoms with Crippen LogP contribution in [0.2, 0.25) is 0 Å². The molecule has 0 radical (unpaired) electrons. The van der Waals surface area contributed by atoms with Gasteiger partial charge in [-0.1, -0.05) is 43.0 Å². The van der Waals surface area contributed by atoms with Crippen molar-refractivity contribution in [2.45, 2.75) is 13.2 Å². The molecule has 0 saturated heterocycles. The predicted octanol–water partition coefficient (Wildman–Crippen LogP) is 5.17. The highest BCUT2D eigenvalue weighted by atomic mass is 16.5. The van der Waals surface area contributed by atoms with Crippen molar-refractivity contribution in [3.63, 3.8) is 0 Å². The first-order valence-corrected chi connectivity index (χ1v) is 9.17. The number of benzene rings is 3. The maximum atomic E-state index is 11.2. The van der Waals surface area contributed by atoms with E-state index >= 15 is 0 Å². The molecule has 3 rings (SSSR count). The van der Waals surface area contributed by atoms with Gasteiger partial charge in [-0.05, 0) is 59.2 Å². The highest BCUT2D eigenvalue weighted by Crippen LogP contribution is 2.18. The SMILES string of the molecule is C=C(NC(=O)OC)c1ccc(OCc2cccc(COc3ccccc3)c2)cc1. The quantitative estimate of drug-likeness (QED) is 0.577. The number of alkyl carbamates (subject to hydrolysis) is 1. The summed E-state index contributed by atoms with van der Waals surface area (Å²) in [7, 11) is 1.31. The van der Waals surface area contributed by atoms with Gasteiger partial charge in [-0.3, -0.25) is 5.32 Å². The van der Waals surface area contributed by atoms with Gasteiger partial charge in [0.25, 0.3) is 0 Å². The molecule has 148 valence electrons. The van der Waals surface area contributed by atoms with E-state index in [1.807, 2.05) is 72.8 Å². The zero-order valence-corrected chi connectivity index (χ0v) is 16.3. The molecular formula is C24H23NO4. The fourth-order valence-electron chi connectivity index (χ4n) is 2.66. The van der Waals surface area contributed by atoms with Crippen molar-refractivity contribution in [2.24, 2.45) is 0 Å². The zero-order chi connectivity index (χ0) is 20.5. The lowest BCUT2D eigenvalue weighted by Gasteiger charge is -2.11. The summed E-state index contributed by atoms with van der Waals surface area (Å²) in [5.41, 5.74) is 3.38. The second kappa shape index (κ2) is 9.99. The molecule has 0 aliphatic heterocycles. The molecule has 0 unspecified atom stereocenters. The van der Waals surface area contributed by atoms with Crippen molar-refractivity contribution in [1.29, 1.82) is 0 Å². The summed E-state index contributed by atoms with van der Waals surface area (Å²) in [6.45, 7) is 4.77. The maximum Gasteiger partial charge on any atom is 0.411 e. The van der Waals surface area contributed by atoms with E-state index in [4.69, 9.17) is 9.47 Å². The number of nitrogens with one attached hydrogen (secondary N) is 1. The van der Waals surface area contributed by atoms with Crippen LogP contribution in [0.15, 0.2) is 85.4 Å². The number of hydrogen-bond acceptors (Lipinski definition) is 4. The van der Waals surface area contributed by atoms with Gasteiger partial charge in [-0.25, -0.2) is 4.79 Å². The Balaban J connectivity index is 1.53. The standard InChI is InChI=1S/C24H23NO4/c1-18(25-24(26)27-2)21-11-13-23(14-12-21)29-17-20-8-6-7-19(15-20)16-28-22-9-4-3-5-10-22/h3-15H,1,16-17H2,2H3,(H,25,26). The number of amides is 1. The van der Waals surface area contributed by atoms with Crippen molar-refractivity contribution in [3.8, 4) is 11.5 Å². The number of ether oxygens (including phenoxy) is 3. The van der Waals surface area contributed by atoms with Crippen molar-refractivity contribution >= 4 is 11.8 Å². The number of hydrogen-bond donors (Lipinski definition) is 1. The second-order valence-corrected chi connectivity index (χ2v) is 6.33. The van der Waals surface area contributed by atoms with Crippen LogP contribution < -0.4 is 14.8 Å². The molecule has 0 aliphatic rings. The van der Waals surface area contributed by atoms with E-state index in [0.29, 0.717) is 18.9 Å². The smallest absolute Gasteiger partial charge is 0.411 e. The summed E-state index contributed by atoms with van der Waals surface area (Å²) in [5, 5.41) is 2.54. The lowest BCUT2D eigenvalue weighted by atomic mass is 10.1. The number of carbonyl (C=O) groups excluding carboxylic acids is 1. The summed E-state index contributed by atoms with van der Waals surface area (Å²) in [4.78, 5) is 11.2. The normalized spacial score (nSPS) is 10.1. The third kappa shape index (κ3) is 6.14. The molecule has 1 amide bonds. The monoisotopic (exact) mass is 389 g/mol. The maximum absolute atomic E-state index is 11.2. The highest BCUT2D eigenvalue weighted by Gasteiger charge is 2.05. The molecule has 3 aromatic carbocycles. The largest absolute Gasteiger partial charge is 0.489 e. The molecule has 5 heteroatoms. The molecule has 3 aromatic rings. The van der Waals surface area contributed by atoms with E-state index in [2.05, 4.69) is 22.7 Å². The molecule has 1 N–H and O–H groups in total. The van der Waals surface area contributed by atoms with E-state index < -0.39 is 6.09 Å². The van der Waals surface area contributed by atoms with Gasteiger partial charge in [0, 0.05) is 5.70 Å². The topological polar surface area (TPSA) is 56.8 Å². The first kappa shape index (κ1) is 20.0. The van der Waals surface area contributed by atoms with Crippen LogP contribution in [0.25, 0.3) is 5.70 Å². The number of carbonyl (C=O) groups is 1. The molecule has 5 nitrogen and oxygen atoms in total. The van der Waals surface area contributed by atoms with Crippen molar-refractivity contribution < 1.29 is 19.0 Å². The van der Waals surface area contributed by atoms with Gasteiger partial charge in [0.2, 0.25) is 0 Å². The second-order valence-electron chi connectivity index (χ2n) is 6.33. The van der Waals surface area contributed by atoms with Gasteiger partial charge in [-0.15, -0.1) is 0 Å². The van der Waals surface area contributed by atoms with E-state index in [1.165, 1.54) is 7.11 Å². The third-order valence-corrected chi connectivity index (χ3v) is 4.19. The van der Waals surface area contributed by atoms with E-state index in [-0.39, 0.29) is 0 Å². The average molecular weight is 389 g/mol. The van der Waals surface area contributed by atoms with Gasteiger partial charge < -0.3 is 14.2 Å². The van der Waals surface area contributed by atoms with Crippen LogP contribution in [0, 0.1) is 0 Å². The molecule has 0 atom stereocenters. The predicted molar refractivity (Wildman–Crippen MR) is 113 cm³/mol. The lowest BCUT2D eigenvalue weighted by Crippen LogP contribution is -2.20. The minimum Gasteiger partial charge on any atom is -0.489 e. The van der Waals surface area contributed by atoms with Crippen molar-refractivity contribution in [2.75, 3.05) is 7.11 Å². The highest BCUT2D eigenvalue weighted by molar-refractivity contribution is 5.80. The molecular weight excluding hydrogens is 366 g/mol. The van der Waals surface area contributed by atoms with E-state index in [9.17, 15) is 4.79 Å². The lowest BCUT2D eigenvalue weighted by molar-refractivity contribution is 0.176. The van der Waals surface area contributed by atoms with E-state index in [1.54, 1.807) is 0 Å². The minimum atomic E-state index is -0.550. The molecule has 0 fully saturated rings.